The number of primary sulfonamides is 1. The van der Waals surface area contributed by atoms with Crippen molar-refractivity contribution in [3.8, 4) is 0 Å². The van der Waals surface area contributed by atoms with Gasteiger partial charge in [0, 0.05) is 6.54 Å². The lowest BCUT2D eigenvalue weighted by Gasteiger charge is -2.02. The van der Waals surface area contributed by atoms with E-state index in [1.807, 2.05) is 0 Å². The van der Waals surface area contributed by atoms with Crippen molar-refractivity contribution in [2.75, 3.05) is 0 Å². The molecule has 0 aliphatic rings. The van der Waals surface area contributed by atoms with E-state index in [2.05, 4.69) is 11.6 Å². The molecule has 0 saturated heterocycles. The Kier molecular flexibility index (Phi) is 4.78. The molecule has 0 radical (unpaired) electrons. The zero-order chi connectivity index (χ0) is 19.8. The first-order chi connectivity index (χ1) is 12.7. The second-order valence-corrected chi connectivity index (χ2v) is 7.84. The van der Waals surface area contributed by atoms with Crippen LogP contribution in [0.25, 0.3) is 10.2 Å². The lowest BCUT2D eigenvalue weighted by atomic mass is 10.3. The van der Waals surface area contributed by atoms with Gasteiger partial charge in [-0.05, 0) is 24.3 Å². The summed E-state index contributed by atoms with van der Waals surface area (Å²) in [6, 6.07) is 6.51. The number of hydrogen-bond acceptors (Lipinski definition) is 7. The number of hydrogen-bond donors (Lipinski definition) is 1. The van der Waals surface area contributed by atoms with Crippen molar-refractivity contribution in [3.05, 3.63) is 63.7 Å². The van der Waals surface area contributed by atoms with Crippen molar-refractivity contribution < 1.29 is 22.6 Å². The summed E-state index contributed by atoms with van der Waals surface area (Å²) in [6.45, 7) is 3.95. The zero-order valence-electron chi connectivity index (χ0n) is 13.6. The van der Waals surface area contributed by atoms with Gasteiger partial charge >= 0.3 is 11.8 Å². The number of furan rings is 1. The molecule has 2 aromatic heterocycles. The summed E-state index contributed by atoms with van der Waals surface area (Å²) in [5.74, 6) is -1.66. The molecular formula is C15H12N4O6S2. The maximum atomic E-state index is 12.3. The molecule has 0 spiro atoms. The van der Waals surface area contributed by atoms with Crippen LogP contribution in [0.5, 0.6) is 0 Å². The van der Waals surface area contributed by atoms with Crippen LogP contribution in [0.15, 0.2) is 57.3 Å². The predicted molar refractivity (Wildman–Crippen MR) is 96.6 cm³/mol. The fourth-order valence-electron chi connectivity index (χ4n) is 2.30. The van der Waals surface area contributed by atoms with Gasteiger partial charge in [-0.3, -0.25) is 14.9 Å². The SMILES string of the molecule is C=CCn1/c(=N/C(=O)c2ccc([N+](=O)[O-])o2)sc2cc(S(N)(=O)=O)ccc21. The van der Waals surface area contributed by atoms with Gasteiger partial charge in [0.05, 0.1) is 21.2 Å². The number of sulfonamides is 1. The quantitative estimate of drug-likeness (QED) is 0.386. The van der Waals surface area contributed by atoms with E-state index >= 15 is 0 Å². The fourth-order valence-corrected chi connectivity index (χ4v) is 4.00. The summed E-state index contributed by atoms with van der Waals surface area (Å²) < 4.78 is 30.1. The lowest BCUT2D eigenvalue weighted by molar-refractivity contribution is -0.402. The molecule has 10 nitrogen and oxygen atoms in total. The van der Waals surface area contributed by atoms with Crippen LogP contribution in [0.3, 0.4) is 0 Å². The number of nitrogens with two attached hydrogens (primary N) is 1. The molecule has 3 aromatic rings. The van der Waals surface area contributed by atoms with Crippen LogP contribution in [0.4, 0.5) is 5.88 Å². The first kappa shape index (κ1) is 18.7. The Hall–Kier alpha value is -3.09. The van der Waals surface area contributed by atoms with Crippen LogP contribution in [-0.2, 0) is 16.6 Å². The minimum absolute atomic E-state index is 0.0680. The van der Waals surface area contributed by atoms with E-state index in [9.17, 15) is 23.3 Å². The smallest absolute Gasteiger partial charge is 0.395 e. The lowest BCUT2D eigenvalue weighted by Crippen LogP contribution is -2.16. The number of amides is 1. The van der Waals surface area contributed by atoms with E-state index in [1.165, 1.54) is 12.1 Å². The van der Waals surface area contributed by atoms with Gasteiger partial charge in [0.25, 0.3) is 0 Å². The summed E-state index contributed by atoms with van der Waals surface area (Å²) >= 11 is 1.06. The van der Waals surface area contributed by atoms with E-state index in [0.29, 0.717) is 16.8 Å². The van der Waals surface area contributed by atoms with Crippen molar-refractivity contribution in [2.24, 2.45) is 10.1 Å². The third-order valence-electron chi connectivity index (χ3n) is 3.47. The van der Waals surface area contributed by atoms with Gasteiger partial charge in [-0.1, -0.05) is 17.4 Å². The van der Waals surface area contributed by atoms with Gasteiger partial charge in [-0.2, -0.15) is 4.99 Å². The van der Waals surface area contributed by atoms with E-state index in [4.69, 9.17) is 9.56 Å². The molecule has 3 rings (SSSR count). The molecule has 2 heterocycles. The molecule has 27 heavy (non-hydrogen) atoms. The second-order valence-electron chi connectivity index (χ2n) is 5.27. The van der Waals surface area contributed by atoms with Crippen molar-refractivity contribution >= 4 is 43.4 Å². The highest BCUT2D eigenvalue weighted by Gasteiger charge is 2.18. The molecule has 0 saturated carbocycles. The van der Waals surface area contributed by atoms with Gasteiger partial charge in [-0.15, -0.1) is 6.58 Å². The average molecular weight is 408 g/mol. The molecule has 140 valence electrons. The highest BCUT2D eigenvalue weighted by molar-refractivity contribution is 7.89. The third-order valence-corrected chi connectivity index (χ3v) is 5.43. The van der Waals surface area contributed by atoms with Crippen LogP contribution >= 0.6 is 11.3 Å². The molecule has 0 bridgehead atoms. The van der Waals surface area contributed by atoms with E-state index in [1.54, 1.807) is 16.7 Å². The molecule has 0 aliphatic heterocycles. The van der Waals surface area contributed by atoms with Gasteiger partial charge < -0.3 is 8.98 Å². The van der Waals surface area contributed by atoms with Crippen molar-refractivity contribution in [2.45, 2.75) is 11.4 Å². The Bertz CT molecular complexity index is 1250. The Labute approximate surface area is 156 Å². The largest absolute Gasteiger partial charge is 0.433 e. The maximum Gasteiger partial charge on any atom is 0.433 e. The normalized spacial score (nSPS) is 12.4. The third kappa shape index (κ3) is 3.72. The maximum absolute atomic E-state index is 12.3. The first-order valence-corrected chi connectivity index (χ1v) is 9.67. The topological polar surface area (TPSA) is 151 Å². The Morgan fingerprint density at radius 2 is 2.15 bits per heavy atom. The minimum atomic E-state index is -3.88. The number of nitrogens with zero attached hydrogens (tertiary/aromatic N) is 3. The standard InChI is InChI=1S/C15H12N4O6S2/c1-2-7-18-10-4-3-9(27(16,23)24)8-12(10)26-15(18)17-14(20)11-5-6-13(25-11)19(21)22/h2-6,8H,1,7H2,(H2,16,23,24)/b17-15-. The number of thiazole rings is 1. The Morgan fingerprint density at radius 1 is 1.41 bits per heavy atom. The fraction of sp³-hybridized carbons (Fsp3) is 0.0667. The van der Waals surface area contributed by atoms with Gasteiger partial charge in [0.2, 0.25) is 15.8 Å². The molecule has 2 N–H and O–H groups in total. The van der Waals surface area contributed by atoms with Crippen molar-refractivity contribution in [1.29, 1.82) is 0 Å². The summed E-state index contributed by atoms with van der Waals surface area (Å²) in [7, 11) is -3.88. The first-order valence-electron chi connectivity index (χ1n) is 7.31. The number of fused-ring (bicyclic) bond motifs is 1. The number of rotatable bonds is 5. The van der Waals surface area contributed by atoms with Crippen LogP contribution < -0.4 is 9.94 Å². The summed E-state index contributed by atoms with van der Waals surface area (Å²) in [6.07, 6.45) is 1.58. The number of carbonyl (C=O) groups is 1. The van der Waals surface area contributed by atoms with E-state index in [0.717, 1.165) is 23.5 Å². The van der Waals surface area contributed by atoms with Crippen LogP contribution in [0, 0.1) is 10.1 Å². The van der Waals surface area contributed by atoms with Gasteiger partial charge in [0.15, 0.2) is 4.80 Å². The van der Waals surface area contributed by atoms with Crippen molar-refractivity contribution in [1.82, 2.24) is 4.57 Å². The molecule has 12 heteroatoms. The number of benzene rings is 1. The van der Waals surface area contributed by atoms with E-state index in [-0.39, 0.29) is 15.5 Å². The molecule has 0 unspecified atom stereocenters. The molecule has 0 aliphatic carbocycles. The Balaban J connectivity index is 2.14. The average Bonchev–Trinajstić information content (AvgIpc) is 3.20. The summed E-state index contributed by atoms with van der Waals surface area (Å²) in [5, 5.41) is 15.8. The van der Waals surface area contributed by atoms with Crippen LogP contribution in [0.2, 0.25) is 0 Å². The highest BCUT2D eigenvalue weighted by Crippen LogP contribution is 2.22. The Morgan fingerprint density at radius 3 is 2.74 bits per heavy atom. The number of carbonyl (C=O) groups excluding carboxylic acids is 1. The molecule has 1 amide bonds. The zero-order valence-corrected chi connectivity index (χ0v) is 15.2. The van der Waals surface area contributed by atoms with Gasteiger partial charge in [-0.25, -0.2) is 13.6 Å². The molecule has 0 atom stereocenters. The van der Waals surface area contributed by atoms with Crippen LogP contribution in [0.1, 0.15) is 10.6 Å². The number of aromatic nitrogens is 1. The number of nitro groups is 1. The second kappa shape index (κ2) is 6.90. The van der Waals surface area contributed by atoms with Crippen LogP contribution in [-0.4, -0.2) is 23.8 Å². The monoisotopic (exact) mass is 408 g/mol. The molecular weight excluding hydrogens is 396 g/mol. The molecule has 0 fully saturated rings. The van der Waals surface area contributed by atoms with Gasteiger partial charge in [0.1, 0.15) is 4.92 Å². The summed E-state index contributed by atoms with van der Waals surface area (Å²) in [4.78, 5) is 26.3. The van der Waals surface area contributed by atoms with Crippen molar-refractivity contribution in [3.63, 3.8) is 0 Å². The number of allylic oxidation sites excluding steroid dienone is 1. The van der Waals surface area contributed by atoms with E-state index < -0.39 is 26.7 Å². The predicted octanol–water partition coefficient (Wildman–Crippen LogP) is 1.78. The highest BCUT2D eigenvalue weighted by atomic mass is 32.2. The molecule has 1 aromatic carbocycles. The minimum Gasteiger partial charge on any atom is -0.395 e. The summed E-state index contributed by atoms with van der Waals surface area (Å²) in [5.41, 5.74) is 0.629.